The van der Waals surface area contributed by atoms with Crippen LogP contribution in [0.4, 0.5) is 4.39 Å². The number of halogens is 1. The second-order valence-electron chi connectivity index (χ2n) is 9.99. The summed E-state index contributed by atoms with van der Waals surface area (Å²) in [5.74, 6) is -1.25. The highest BCUT2D eigenvalue weighted by molar-refractivity contribution is 5.99. The number of rotatable bonds is 7. The van der Waals surface area contributed by atoms with Crippen molar-refractivity contribution in [1.29, 1.82) is 0 Å². The van der Waals surface area contributed by atoms with Crippen LogP contribution in [0.3, 0.4) is 0 Å². The van der Waals surface area contributed by atoms with Crippen LogP contribution in [0.15, 0.2) is 36.5 Å². The largest absolute Gasteiger partial charge is 0.494 e. The highest BCUT2D eigenvalue weighted by atomic mass is 19.1. The van der Waals surface area contributed by atoms with Crippen molar-refractivity contribution in [3.63, 3.8) is 0 Å². The van der Waals surface area contributed by atoms with Gasteiger partial charge in [0.2, 0.25) is 0 Å². The van der Waals surface area contributed by atoms with Crippen LogP contribution in [0, 0.1) is 5.82 Å². The molecule has 4 aromatic rings. The fourth-order valence-corrected chi connectivity index (χ4v) is 5.49. The molecule has 1 fully saturated rings. The maximum Gasteiger partial charge on any atom is 0.332 e. The van der Waals surface area contributed by atoms with Gasteiger partial charge in [-0.3, -0.25) is 5.10 Å². The fraction of sp³-hybridized carbons (Fsp3) is 0.407. The molecule has 2 atom stereocenters. The van der Waals surface area contributed by atoms with Crippen molar-refractivity contribution in [3.05, 3.63) is 53.6 Å². The van der Waals surface area contributed by atoms with E-state index in [9.17, 15) is 14.3 Å². The predicted octanol–water partition coefficient (Wildman–Crippen LogP) is 4.93. The van der Waals surface area contributed by atoms with Crippen molar-refractivity contribution in [3.8, 4) is 11.4 Å². The molecule has 0 bridgehead atoms. The molecule has 0 saturated carbocycles. The summed E-state index contributed by atoms with van der Waals surface area (Å²) in [5, 5.41) is 18.7. The predicted molar refractivity (Wildman–Crippen MR) is 134 cm³/mol. The number of nitrogens with zero attached hydrogens (tertiary/aromatic N) is 2. The van der Waals surface area contributed by atoms with Crippen molar-refractivity contribution >= 4 is 27.8 Å². The zero-order valence-corrected chi connectivity index (χ0v) is 20.8. The summed E-state index contributed by atoms with van der Waals surface area (Å²) in [7, 11) is 3.12. The number of ether oxygens (including phenoxy) is 3. The van der Waals surface area contributed by atoms with Gasteiger partial charge in [-0.25, -0.2) is 9.18 Å². The van der Waals surface area contributed by atoms with E-state index in [2.05, 4.69) is 40.7 Å². The normalized spacial score (nSPS) is 18.7. The summed E-state index contributed by atoms with van der Waals surface area (Å²) < 4.78 is 33.3. The molecule has 2 N–H and O–H groups in total. The van der Waals surface area contributed by atoms with Crippen LogP contribution in [0.25, 0.3) is 27.5 Å². The number of hydrogen-bond acceptors (Lipinski definition) is 5. The third-order valence-corrected chi connectivity index (χ3v) is 7.07. The first-order valence-corrected chi connectivity index (χ1v) is 11.9. The van der Waals surface area contributed by atoms with Crippen LogP contribution in [-0.2, 0) is 19.7 Å². The molecule has 9 heteroatoms. The van der Waals surface area contributed by atoms with E-state index in [1.54, 1.807) is 25.4 Å². The van der Waals surface area contributed by atoms with Gasteiger partial charge < -0.3 is 23.9 Å². The molecule has 0 unspecified atom stereocenters. The number of methoxy groups -OCH3 is 2. The Hall–Kier alpha value is -3.43. The molecule has 190 valence electrons. The molecule has 1 aliphatic heterocycles. The molecule has 1 saturated heterocycles. The number of nitrogens with one attached hydrogen (secondary N) is 1. The van der Waals surface area contributed by atoms with Gasteiger partial charge in [0, 0.05) is 46.7 Å². The van der Waals surface area contributed by atoms with Gasteiger partial charge in [0.1, 0.15) is 0 Å². The number of aliphatic carboxylic acids is 1. The van der Waals surface area contributed by atoms with Crippen LogP contribution in [0.5, 0.6) is 5.75 Å². The molecule has 1 aliphatic rings. The Balaban J connectivity index is 1.83. The lowest BCUT2D eigenvalue weighted by atomic mass is 9.80. The highest BCUT2D eigenvalue weighted by Gasteiger charge is 2.37. The van der Waals surface area contributed by atoms with E-state index >= 15 is 0 Å². The first kappa shape index (κ1) is 24.3. The number of benzene rings is 2. The standard InChI is InChI=1S/C27H30FN3O5/c1-27(2,14-34-3)25-24(15-5-8-22(26(32)33)36-13-15)18-11-20-16(12-29-30-20)9-21(18)31(25)17-6-7-19(28)23(10-17)35-4/h6-7,9-12,15,22H,5,8,13-14H2,1-4H3,(H,29,30)(H,32,33)/t15-,22+/m1/s1. The maximum absolute atomic E-state index is 14.4. The molecule has 5 rings (SSSR count). The Morgan fingerprint density at radius 2 is 2.08 bits per heavy atom. The van der Waals surface area contributed by atoms with Gasteiger partial charge in [-0.05, 0) is 42.7 Å². The SMILES string of the molecule is COCC(C)(C)c1c([C@@H]2CC[C@@H](C(=O)O)OC2)c2cc3[nH]ncc3cc2n1-c1ccc(F)c(OC)c1. The van der Waals surface area contributed by atoms with Crippen molar-refractivity contribution in [1.82, 2.24) is 14.8 Å². The molecular formula is C27H30FN3O5. The first-order valence-electron chi connectivity index (χ1n) is 11.9. The Morgan fingerprint density at radius 1 is 1.28 bits per heavy atom. The third-order valence-electron chi connectivity index (χ3n) is 7.07. The number of carboxylic acids is 1. The summed E-state index contributed by atoms with van der Waals surface area (Å²) in [4.78, 5) is 11.5. The average molecular weight is 496 g/mol. The molecule has 8 nitrogen and oxygen atoms in total. The molecule has 2 aromatic heterocycles. The Bertz CT molecular complexity index is 1430. The van der Waals surface area contributed by atoms with Gasteiger partial charge in [0.05, 0.1) is 37.6 Å². The summed E-state index contributed by atoms with van der Waals surface area (Å²) in [6.45, 7) is 4.96. The van der Waals surface area contributed by atoms with Gasteiger partial charge in [-0.1, -0.05) is 13.8 Å². The number of carbonyl (C=O) groups is 1. The quantitative estimate of drug-likeness (QED) is 0.377. The molecule has 0 radical (unpaired) electrons. The Kier molecular flexibility index (Phi) is 6.22. The van der Waals surface area contributed by atoms with E-state index in [0.717, 1.165) is 38.8 Å². The molecule has 0 amide bonds. The molecule has 0 spiro atoms. The lowest BCUT2D eigenvalue weighted by Crippen LogP contribution is -2.33. The topological polar surface area (TPSA) is 98.6 Å². The third kappa shape index (κ3) is 4.02. The summed E-state index contributed by atoms with van der Waals surface area (Å²) in [6, 6.07) is 9.00. The van der Waals surface area contributed by atoms with Gasteiger partial charge >= 0.3 is 5.97 Å². The second-order valence-corrected chi connectivity index (χ2v) is 9.99. The molecule has 3 heterocycles. The maximum atomic E-state index is 14.4. The summed E-state index contributed by atoms with van der Waals surface area (Å²) >= 11 is 0. The lowest BCUT2D eigenvalue weighted by Gasteiger charge is -2.32. The van der Waals surface area contributed by atoms with Crippen LogP contribution in [0.1, 0.15) is 43.9 Å². The zero-order chi connectivity index (χ0) is 25.6. The zero-order valence-electron chi connectivity index (χ0n) is 20.8. The molecular weight excluding hydrogens is 465 g/mol. The van der Waals surface area contributed by atoms with E-state index in [0.29, 0.717) is 26.1 Å². The first-order chi connectivity index (χ1) is 17.2. The summed E-state index contributed by atoms with van der Waals surface area (Å²) in [6.07, 6.45) is 2.07. The van der Waals surface area contributed by atoms with E-state index < -0.39 is 23.3 Å². The van der Waals surface area contributed by atoms with E-state index in [1.165, 1.54) is 13.2 Å². The van der Waals surface area contributed by atoms with Gasteiger partial charge in [0.15, 0.2) is 17.7 Å². The minimum Gasteiger partial charge on any atom is -0.494 e. The van der Waals surface area contributed by atoms with Crippen LogP contribution in [0.2, 0.25) is 0 Å². The van der Waals surface area contributed by atoms with Crippen molar-refractivity contribution in [2.24, 2.45) is 0 Å². The van der Waals surface area contributed by atoms with Crippen molar-refractivity contribution in [2.75, 3.05) is 27.4 Å². The number of carboxylic acid groups (broad SMARTS) is 1. The Morgan fingerprint density at radius 3 is 2.75 bits per heavy atom. The Labute approximate surface area is 208 Å². The lowest BCUT2D eigenvalue weighted by molar-refractivity contribution is -0.153. The number of aromatic amines is 1. The smallest absolute Gasteiger partial charge is 0.332 e. The van der Waals surface area contributed by atoms with E-state index in [-0.39, 0.29) is 11.7 Å². The van der Waals surface area contributed by atoms with E-state index in [4.69, 9.17) is 14.2 Å². The fourth-order valence-electron chi connectivity index (χ4n) is 5.49. The second kappa shape index (κ2) is 9.22. The van der Waals surface area contributed by atoms with Crippen LogP contribution >= 0.6 is 0 Å². The van der Waals surface area contributed by atoms with Gasteiger partial charge in [0.25, 0.3) is 0 Å². The number of fused-ring (bicyclic) bond motifs is 2. The molecule has 36 heavy (non-hydrogen) atoms. The average Bonchev–Trinajstić information content (AvgIpc) is 3.45. The number of H-pyrrole nitrogens is 1. The molecule has 2 aromatic carbocycles. The van der Waals surface area contributed by atoms with Crippen LogP contribution < -0.4 is 4.74 Å². The number of hydrogen-bond donors (Lipinski definition) is 2. The van der Waals surface area contributed by atoms with Crippen molar-refractivity contribution < 1.29 is 28.5 Å². The van der Waals surface area contributed by atoms with Crippen molar-refractivity contribution in [2.45, 2.75) is 44.1 Å². The van der Waals surface area contributed by atoms with Crippen LogP contribution in [-0.4, -0.2) is 59.4 Å². The van der Waals surface area contributed by atoms with E-state index in [1.807, 2.05) is 0 Å². The van der Waals surface area contributed by atoms with Gasteiger partial charge in [-0.2, -0.15) is 5.10 Å². The van der Waals surface area contributed by atoms with Gasteiger partial charge in [-0.15, -0.1) is 0 Å². The molecule has 0 aliphatic carbocycles. The monoisotopic (exact) mass is 495 g/mol. The minimum absolute atomic E-state index is 0.0294. The highest BCUT2D eigenvalue weighted by Crippen LogP contribution is 2.45. The summed E-state index contributed by atoms with van der Waals surface area (Å²) in [5.41, 5.74) is 4.24. The number of aromatic nitrogens is 3. The minimum atomic E-state index is -0.937.